The Morgan fingerprint density at radius 3 is 2.41 bits per heavy atom. The van der Waals surface area contributed by atoms with E-state index in [4.69, 9.17) is 16.3 Å². The first-order chi connectivity index (χ1) is 15.4. The van der Waals surface area contributed by atoms with Crippen LogP contribution in [0, 0.1) is 11.3 Å². The van der Waals surface area contributed by atoms with Crippen molar-refractivity contribution in [3.05, 3.63) is 105 Å². The van der Waals surface area contributed by atoms with Crippen LogP contribution in [0.1, 0.15) is 5.56 Å². The SMILES string of the molecule is N#CC(=Cc1c(Oc2ccc(Cl)cc2)nc2ccccn2c1=O)S(=O)(=O)c1ccccc1. The van der Waals surface area contributed by atoms with Crippen LogP contribution >= 0.6 is 11.6 Å². The summed E-state index contributed by atoms with van der Waals surface area (Å²) in [4.78, 5) is 16.9. The molecule has 32 heavy (non-hydrogen) atoms. The van der Waals surface area contributed by atoms with Crippen LogP contribution in [0.4, 0.5) is 0 Å². The maximum Gasteiger partial charge on any atom is 0.269 e. The van der Waals surface area contributed by atoms with E-state index in [2.05, 4.69) is 4.98 Å². The van der Waals surface area contributed by atoms with E-state index >= 15 is 0 Å². The average Bonchev–Trinajstić information content (AvgIpc) is 2.81. The lowest BCUT2D eigenvalue weighted by Crippen LogP contribution is -2.19. The highest BCUT2D eigenvalue weighted by atomic mass is 35.5. The van der Waals surface area contributed by atoms with Crippen molar-refractivity contribution in [2.45, 2.75) is 4.90 Å². The van der Waals surface area contributed by atoms with Gasteiger partial charge in [-0.15, -0.1) is 0 Å². The second-order valence-corrected chi connectivity index (χ2v) is 8.91. The number of nitriles is 1. The Kier molecular flexibility index (Phi) is 5.77. The summed E-state index contributed by atoms with van der Waals surface area (Å²) in [5.41, 5.74) is -0.474. The van der Waals surface area contributed by atoms with Crippen LogP contribution in [-0.4, -0.2) is 17.8 Å². The van der Waals surface area contributed by atoms with Crippen molar-refractivity contribution in [3.63, 3.8) is 0 Å². The van der Waals surface area contributed by atoms with E-state index in [0.717, 1.165) is 6.08 Å². The van der Waals surface area contributed by atoms with Crippen LogP contribution in [0.3, 0.4) is 0 Å². The zero-order valence-electron chi connectivity index (χ0n) is 16.3. The maximum atomic E-state index is 13.2. The smallest absolute Gasteiger partial charge is 0.269 e. The topological polar surface area (TPSA) is 102 Å². The molecule has 0 atom stereocenters. The molecule has 0 radical (unpaired) electrons. The van der Waals surface area contributed by atoms with E-state index in [1.165, 1.54) is 22.7 Å². The number of benzene rings is 2. The first-order valence-electron chi connectivity index (χ1n) is 9.27. The molecule has 0 aliphatic rings. The molecule has 0 bridgehead atoms. The Morgan fingerprint density at radius 2 is 1.72 bits per heavy atom. The van der Waals surface area contributed by atoms with Crippen molar-refractivity contribution in [3.8, 4) is 17.7 Å². The number of rotatable bonds is 5. The molecular weight excluding hydrogens is 450 g/mol. The minimum Gasteiger partial charge on any atom is -0.438 e. The fraction of sp³-hybridized carbons (Fsp3) is 0. The third-order valence-electron chi connectivity index (χ3n) is 4.49. The van der Waals surface area contributed by atoms with Crippen LogP contribution in [0.15, 0.2) is 93.6 Å². The van der Waals surface area contributed by atoms with E-state index in [-0.39, 0.29) is 16.3 Å². The Hall–Kier alpha value is -3.93. The van der Waals surface area contributed by atoms with Gasteiger partial charge in [0.05, 0.1) is 4.90 Å². The first-order valence-corrected chi connectivity index (χ1v) is 11.1. The summed E-state index contributed by atoms with van der Waals surface area (Å²) in [6.45, 7) is 0. The predicted octanol–water partition coefficient (Wildman–Crippen LogP) is 4.48. The molecule has 2 aromatic carbocycles. The van der Waals surface area contributed by atoms with Crippen molar-refractivity contribution in [1.29, 1.82) is 5.26 Å². The Morgan fingerprint density at radius 1 is 1.03 bits per heavy atom. The van der Waals surface area contributed by atoms with Gasteiger partial charge in [0.1, 0.15) is 27.9 Å². The molecule has 4 rings (SSSR count). The van der Waals surface area contributed by atoms with Crippen molar-refractivity contribution >= 4 is 33.2 Å². The number of nitrogens with zero attached hydrogens (tertiary/aromatic N) is 3. The summed E-state index contributed by atoms with van der Waals surface area (Å²) in [6.07, 6.45) is 2.48. The fourth-order valence-corrected chi connectivity index (χ4v) is 4.21. The van der Waals surface area contributed by atoms with Crippen LogP contribution in [-0.2, 0) is 9.84 Å². The highest BCUT2D eigenvalue weighted by Gasteiger charge is 2.23. The molecule has 2 heterocycles. The van der Waals surface area contributed by atoms with Gasteiger partial charge < -0.3 is 4.74 Å². The summed E-state index contributed by atoms with van der Waals surface area (Å²) < 4.78 is 33.0. The zero-order chi connectivity index (χ0) is 22.7. The Balaban J connectivity index is 1.93. The molecule has 0 unspecified atom stereocenters. The van der Waals surface area contributed by atoms with Gasteiger partial charge in [0.25, 0.3) is 5.56 Å². The van der Waals surface area contributed by atoms with Crippen LogP contribution in [0.2, 0.25) is 5.02 Å². The van der Waals surface area contributed by atoms with Crippen LogP contribution in [0.5, 0.6) is 11.6 Å². The molecule has 0 fully saturated rings. The molecule has 0 saturated heterocycles. The highest BCUT2D eigenvalue weighted by molar-refractivity contribution is 7.95. The molecule has 158 valence electrons. The summed E-state index contributed by atoms with van der Waals surface area (Å²) in [7, 11) is -4.16. The third-order valence-corrected chi connectivity index (χ3v) is 6.42. The van der Waals surface area contributed by atoms with Gasteiger partial charge in [-0.05, 0) is 54.6 Å². The number of halogens is 1. The molecule has 0 aliphatic heterocycles. The number of allylic oxidation sites excluding steroid dienone is 1. The maximum absolute atomic E-state index is 13.2. The molecule has 7 nitrogen and oxygen atoms in total. The van der Waals surface area contributed by atoms with E-state index in [9.17, 15) is 18.5 Å². The molecule has 2 aromatic heterocycles. The highest BCUT2D eigenvalue weighted by Crippen LogP contribution is 2.27. The molecule has 0 amide bonds. The van der Waals surface area contributed by atoms with E-state index in [1.807, 2.05) is 0 Å². The molecule has 0 N–H and O–H groups in total. The van der Waals surface area contributed by atoms with Gasteiger partial charge >= 0.3 is 0 Å². The lowest BCUT2D eigenvalue weighted by molar-refractivity contribution is 0.461. The van der Waals surface area contributed by atoms with Gasteiger partial charge in [0, 0.05) is 11.2 Å². The number of fused-ring (bicyclic) bond motifs is 1. The number of hydrogen-bond donors (Lipinski definition) is 0. The molecule has 0 saturated carbocycles. The number of sulfone groups is 1. The van der Waals surface area contributed by atoms with Gasteiger partial charge in [-0.2, -0.15) is 10.2 Å². The quantitative estimate of drug-likeness (QED) is 0.404. The fourth-order valence-electron chi connectivity index (χ4n) is 2.93. The second kappa shape index (κ2) is 8.67. The number of pyridine rings is 1. The third kappa shape index (κ3) is 4.12. The van der Waals surface area contributed by atoms with Crippen LogP contribution < -0.4 is 10.3 Å². The molecule has 9 heteroatoms. The average molecular weight is 464 g/mol. The predicted molar refractivity (Wildman–Crippen MR) is 120 cm³/mol. The molecule has 0 spiro atoms. The lowest BCUT2D eigenvalue weighted by Gasteiger charge is -2.10. The number of aromatic nitrogens is 2. The van der Waals surface area contributed by atoms with Crippen molar-refractivity contribution in [2.75, 3.05) is 0 Å². The minimum absolute atomic E-state index is 0.0678. The first kappa shape index (κ1) is 21.3. The monoisotopic (exact) mass is 463 g/mol. The van der Waals surface area contributed by atoms with Gasteiger partial charge in [0.15, 0.2) is 0 Å². The zero-order valence-corrected chi connectivity index (χ0v) is 17.9. The standard InChI is InChI=1S/C23H14ClN3O4S/c24-16-9-11-17(12-10-16)31-22-20(23(28)27-13-5-4-8-21(27)26-22)14-19(15-25)32(29,30)18-6-2-1-3-7-18/h1-14H. The van der Waals surface area contributed by atoms with Crippen LogP contribution in [0.25, 0.3) is 11.7 Å². The molecule has 0 aliphatic carbocycles. The van der Waals surface area contributed by atoms with E-state index in [1.54, 1.807) is 66.7 Å². The van der Waals surface area contributed by atoms with Gasteiger partial charge in [0.2, 0.25) is 15.7 Å². The Labute approximate surface area is 188 Å². The normalized spacial score (nSPS) is 11.8. The van der Waals surface area contributed by atoms with Crippen molar-refractivity contribution in [2.24, 2.45) is 0 Å². The molecule has 4 aromatic rings. The minimum atomic E-state index is -4.16. The van der Waals surface area contributed by atoms with Gasteiger partial charge in [-0.25, -0.2) is 8.42 Å². The molecular formula is C23H14ClN3O4S. The summed E-state index contributed by atoms with van der Waals surface area (Å²) in [5, 5.41) is 10.1. The Bertz CT molecular complexity index is 1540. The lowest BCUT2D eigenvalue weighted by atomic mass is 10.2. The number of hydrogen-bond acceptors (Lipinski definition) is 6. The van der Waals surface area contributed by atoms with Gasteiger partial charge in [-0.1, -0.05) is 35.9 Å². The summed E-state index contributed by atoms with van der Waals surface area (Å²) in [5.74, 6) is 0.195. The summed E-state index contributed by atoms with van der Waals surface area (Å²) in [6, 6.07) is 20.5. The van der Waals surface area contributed by atoms with E-state index < -0.39 is 20.3 Å². The number of ether oxygens (including phenoxy) is 1. The van der Waals surface area contributed by atoms with Crippen molar-refractivity contribution in [1.82, 2.24) is 9.38 Å². The summed E-state index contributed by atoms with van der Waals surface area (Å²) >= 11 is 5.91. The second-order valence-electron chi connectivity index (χ2n) is 6.56. The largest absolute Gasteiger partial charge is 0.438 e. The van der Waals surface area contributed by atoms with Gasteiger partial charge in [-0.3, -0.25) is 9.20 Å². The van der Waals surface area contributed by atoms with E-state index in [0.29, 0.717) is 16.4 Å². The van der Waals surface area contributed by atoms with Crippen molar-refractivity contribution < 1.29 is 13.2 Å².